The van der Waals surface area contributed by atoms with Crippen molar-refractivity contribution in [1.82, 2.24) is 10.2 Å². The molecule has 1 saturated heterocycles. The molecule has 1 unspecified atom stereocenters. The molecule has 1 aromatic rings. The van der Waals surface area contributed by atoms with Crippen molar-refractivity contribution < 1.29 is 4.74 Å². The maximum atomic E-state index is 5.77. The second-order valence-electron chi connectivity index (χ2n) is 5.18. The van der Waals surface area contributed by atoms with Crippen LogP contribution in [0.1, 0.15) is 18.9 Å². The third-order valence-corrected chi connectivity index (χ3v) is 3.70. The average molecular weight is 262 g/mol. The smallest absolute Gasteiger partial charge is 0.0826 e. The molecular weight excluding hydrogens is 236 g/mol. The molecule has 3 heteroatoms. The van der Waals surface area contributed by atoms with E-state index < -0.39 is 0 Å². The van der Waals surface area contributed by atoms with Gasteiger partial charge in [-0.15, -0.1) is 0 Å². The monoisotopic (exact) mass is 262 g/mol. The van der Waals surface area contributed by atoms with Gasteiger partial charge in [0.15, 0.2) is 0 Å². The Morgan fingerprint density at radius 3 is 2.95 bits per heavy atom. The molecule has 1 N–H and O–H groups in total. The predicted molar refractivity (Wildman–Crippen MR) is 79.5 cm³/mol. The Bertz CT molecular complexity index is 342. The van der Waals surface area contributed by atoms with Crippen LogP contribution in [0.5, 0.6) is 0 Å². The van der Waals surface area contributed by atoms with Crippen LogP contribution < -0.4 is 5.32 Å². The fourth-order valence-corrected chi connectivity index (χ4v) is 2.52. The number of nitrogens with one attached hydrogen (secondary N) is 1. The van der Waals surface area contributed by atoms with Gasteiger partial charge in [0, 0.05) is 19.6 Å². The number of aryl methyl sites for hydroxylation is 1. The molecule has 0 spiro atoms. The molecule has 0 amide bonds. The van der Waals surface area contributed by atoms with E-state index in [0.29, 0.717) is 6.10 Å². The summed E-state index contributed by atoms with van der Waals surface area (Å²) in [6, 6.07) is 10.7. The molecule has 0 saturated carbocycles. The van der Waals surface area contributed by atoms with Crippen molar-refractivity contribution in [2.45, 2.75) is 25.9 Å². The number of ether oxygens (including phenoxy) is 1. The molecule has 1 aromatic carbocycles. The van der Waals surface area contributed by atoms with Gasteiger partial charge < -0.3 is 10.1 Å². The molecule has 1 fully saturated rings. The molecule has 1 aliphatic rings. The molecule has 0 aromatic heterocycles. The van der Waals surface area contributed by atoms with E-state index in [1.165, 1.54) is 12.0 Å². The Morgan fingerprint density at radius 2 is 2.16 bits per heavy atom. The lowest BCUT2D eigenvalue weighted by atomic mass is 10.1. The van der Waals surface area contributed by atoms with Gasteiger partial charge in [-0.3, -0.25) is 4.90 Å². The van der Waals surface area contributed by atoms with Gasteiger partial charge in [0.05, 0.1) is 12.7 Å². The summed E-state index contributed by atoms with van der Waals surface area (Å²) in [6.45, 7) is 8.43. The van der Waals surface area contributed by atoms with Gasteiger partial charge in [-0.25, -0.2) is 0 Å². The fourth-order valence-electron chi connectivity index (χ4n) is 2.52. The largest absolute Gasteiger partial charge is 0.374 e. The minimum atomic E-state index is 0.366. The van der Waals surface area contributed by atoms with Crippen molar-refractivity contribution in [3.63, 3.8) is 0 Å². The third kappa shape index (κ3) is 5.31. The van der Waals surface area contributed by atoms with E-state index in [2.05, 4.69) is 47.5 Å². The number of nitrogens with zero attached hydrogens (tertiary/aromatic N) is 1. The molecule has 106 valence electrons. The highest BCUT2D eigenvalue weighted by Crippen LogP contribution is 2.04. The van der Waals surface area contributed by atoms with Crippen molar-refractivity contribution in [3.8, 4) is 0 Å². The van der Waals surface area contributed by atoms with Gasteiger partial charge in [0.1, 0.15) is 0 Å². The van der Waals surface area contributed by atoms with Crippen molar-refractivity contribution in [3.05, 3.63) is 35.9 Å². The van der Waals surface area contributed by atoms with Crippen LogP contribution in [0, 0.1) is 0 Å². The molecule has 0 bridgehead atoms. The van der Waals surface area contributed by atoms with Gasteiger partial charge in [-0.05, 0) is 31.5 Å². The number of benzene rings is 1. The second kappa shape index (κ2) is 8.31. The van der Waals surface area contributed by atoms with E-state index in [1.54, 1.807) is 0 Å². The summed E-state index contributed by atoms with van der Waals surface area (Å²) >= 11 is 0. The first-order valence-corrected chi connectivity index (χ1v) is 7.47. The highest BCUT2D eigenvalue weighted by Gasteiger charge is 2.18. The maximum Gasteiger partial charge on any atom is 0.0826 e. The topological polar surface area (TPSA) is 24.5 Å². The Hall–Kier alpha value is -0.900. The average Bonchev–Trinajstić information content (AvgIpc) is 2.48. The Labute approximate surface area is 116 Å². The molecular formula is C16H26N2O. The van der Waals surface area contributed by atoms with E-state index in [0.717, 1.165) is 45.8 Å². The van der Waals surface area contributed by atoms with E-state index in [9.17, 15) is 0 Å². The van der Waals surface area contributed by atoms with Gasteiger partial charge in [0.2, 0.25) is 0 Å². The highest BCUT2D eigenvalue weighted by molar-refractivity contribution is 5.14. The van der Waals surface area contributed by atoms with Crippen molar-refractivity contribution >= 4 is 0 Å². The summed E-state index contributed by atoms with van der Waals surface area (Å²) < 4.78 is 5.77. The summed E-state index contributed by atoms with van der Waals surface area (Å²) in [6.07, 6.45) is 2.71. The Balaban J connectivity index is 1.54. The molecule has 0 radical (unpaired) electrons. The number of morpholine rings is 1. The lowest BCUT2D eigenvalue weighted by Crippen LogP contribution is -2.46. The van der Waals surface area contributed by atoms with Gasteiger partial charge in [-0.2, -0.15) is 0 Å². The summed E-state index contributed by atoms with van der Waals surface area (Å²) in [5.41, 5.74) is 1.43. The zero-order chi connectivity index (χ0) is 13.3. The second-order valence-corrected chi connectivity index (χ2v) is 5.18. The molecule has 1 aliphatic heterocycles. The van der Waals surface area contributed by atoms with Crippen molar-refractivity contribution in [2.24, 2.45) is 0 Å². The van der Waals surface area contributed by atoms with Crippen LogP contribution in [0.25, 0.3) is 0 Å². The number of hydrogen-bond donors (Lipinski definition) is 1. The first kappa shape index (κ1) is 14.5. The summed E-state index contributed by atoms with van der Waals surface area (Å²) in [5.74, 6) is 0. The zero-order valence-electron chi connectivity index (χ0n) is 12.0. The van der Waals surface area contributed by atoms with E-state index >= 15 is 0 Å². The van der Waals surface area contributed by atoms with Crippen molar-refractivity contribution in [2.75, 3.05) is 39.3 Å². The molecule has 19 heavy (non-hydrogen) atoms. The molecule has 3 nitrogen and oxygen atoms in total. The van der Waals surface area contributed by atoms with E-state index in [4.69, 9.17) is 4.74 Å². The minimum Gasteiger partial charge on any atom is -0.374 e. The minimum absolute atomic E-state index is 0.366. The Morgan fingerprint density at radius 1 is 1.32 bits per heavy atom. The summed E-state index contributed by atoms with van der Waals surface area (Å²) in [4.78, 5) is 2.46. The molecule has 1 heterocycles. The molecule has 1 atom stereocenters. The fraction of sp³-hybridized carbons (Fsp3) is 0.625. The standard InChI is InChI=1S/C16H26N2O/c1-2-18-11-12-19-16(14-18)13-17-10-6-9-15-7-4-3-5-8-15/h3-5,7-8,16-17H,2,6,9-14H2,1H3. The van der Waals surface area contributed by atoms with Crippen LogP contribution in [0.4, 0.5) is 0 Å². The normalized spacial score (nSPS) is 20.6. The summed E-state index contributed by atoms with van der Waals surface area (Å²) in [7, 11) is 0. The van der Waals surface area contributed by atoms with Crippen LogP contribution in [-0.2, 0) is 11.2 Å². The Kier molecular flexibility index (Phi) is 6.34. The predicted octanol–water partition coefficient (Wildman–Crippen LogP) is 1.93. The lowest BCUT2D eigenvalue weighted by Gasteiger charge is -2.32. The zero-order valence-corrected chi connectivity index (χ0v) is 12.0. The van der Waals surface area contributed by atoms with Crippen LogP contribution in [0.15, 0.2) is 30.3 Å². The maximum absolute atomic E-state index is 5.77. The van der Waals surface area contributed by atoms with Crippen LogP contribution in [-0.4, -0.2) is 50.3 Å². The summed E-state index contributed by atoms with van der Waals surface area (Å²) in [5, 5.41) is 3.52. The highest BCUT2D eigenvalue weighted by atomic mass is 16.5. The lowest BCUT2D eigenvalue weighted by molar-refractivity contribution is -0.0251. The van der Waals surface area contributed by atoms with E-state index in [1.807, 2.05) is 0 Å². The van der Waals surface area contributed by atoms with Gasteiger partial charge >= 0.3 is 0 Å². The quantitative estimate of drug-likeness (QED) is 0.760. The first-order chi connectivity index (χ1) is 9.38. The van der Waals surface area contributed by atoms with Crippen molar-refractivity contribution in [1.29, 1.82) is 0 Å². The number of hydrogen-bond acceptors (Lipinski definition) is 3. The van der Waals surface area contributed by atoms with E-state index in [-0.39, 0.29) is 0 Å². The first-order valence-electron chi connectivity index (χ1n) is 7.47. The van der Waals surface area contributed by atoms with Crippen LogP contribution in [0.3, 0.4) is 0 Å². The SMILES string of the molecule is CCN1CCOC(CNCCCc2ccccc2)C1. The third-order valence-electron chi connectivity index (χ3n) is 3.70. The number of likely N-dealkylation sites (N-methyl/N-ethyl adjacent to an activating group) is 1. The van der Waals surface area contributed by atoms with Gasteiger partial charge in [0.25, 0.3) is 0 Å². The van der Waals surface area contributed by atoms with Crippen LogP contribution in [0.2, 0.25) is 0 Å². The van der Waals surface area contributed by atoms with Gasteiger partial charge in [-0.1, -0.05) is 37.3 Å². The molecule has 0 aliphatic carbocycles. The molecule has 2 rings (SSSR count). The number of rotatable bonds is 7. The van der Waals surface area contributed by atoms with Crippen LogP contribution >= 0.6 is 0 Å².